The second-order valence-corrected chi connectivity index (χ2v) is 5.10. The van der Waals surface area contributed by atoms with Crippen molar-refractivity contribution < 1.29 is 4.79 Å². The largest absolute Gasteiger partial charge is 0.336 e. The molecule has 1 fully saturated rings. The standard InChI is InChI=1S/C14H22N4O/c1-11-3-4-13(10-16-11)14(19)18-7-5-17(6-8-18)12(2)9-15/h3-4,10,12H,5-9,15H2,1-2H3. The van der Waals surface area contributed by atoms with Crippen LogP contribution in [0, 0.1) is 6.92 Å². The van der Waals surface area contributed by atoms with Crippen molar-refractivity contribution in [1.29, 1.82) is 0 Å². The fourth-order valence-corrected chi connectivity index (χ4v) is 2.29. The lowest BCUT2D eigenvalue weighted by Gasteiger charge is -2.37. The number of amides is 1. The van der Waals surface area contributed by atoms with Gasteiger partial charge in [0.05, 0.1) is 5.56 Å². The van der Waals surface area contributed by atoms with Crippen molar-refractivity contribution in [2.75, 3.05) is 32.7 Å². The third-order valence-corrected chi connectivity index (χ3v) is 3.72. The van der Waals surface area contributed by atoms with Crippen molar-refractivity contribution in [2.45, 2.75) is 19.9 Å². The van der Waals surface area contributed by atoms with Crippen LogP contribution in [0.4, 0.5) is 0 Å². The van der Waals surface area contributed by atoms with Crippen LogP contribution in [0.3, 0.4) is 0 Å². The van der Waals surface area contributed by atoms with Gasteiger partial charge in [0.25, 0.3) is 5.91 Å². The molecule has 1 aliphatic heterocycles. The Kier molecular flexibility index (Phi) is 4.50. The lowest BCUT2D eigenvalue weighted by molar-refractivity contribution is 0.0588. The molecular formula is C14H22N4O. The predicted octanol–water partition coefficient (Wildman–Crippen LogP) is 0.495. The van der Waals surface area contributed by atoms with E-state index in [0.29, 0.717) is 18.2 Å². The van der Waals surface area contributed by atoms with E-state index in [0.717, 1.165) is 31.9 Å². The number of nitrogens with zero attached hydrogens (tertiary/aromatic N) is 3. The molecule has 1 aliphatic rings. The summed E-state index contributed by atoms with van der Waals surface area (Å²) in [7, 11) is 0. The van der Waals surface area contributed by atoms with Gasteiger partial charge in [-0.05, 0) is 26.0 Å². The fourth-order valence-electron chi connectivity index (χ4n) is 2.29. The highest BCUT2D eigenvalue weighted by molar-refractivity contribution is 5.94. The van der Waals surface area contributed by atoms with Crippen molar-refractivity contribution in [1.82, 2.24) is 14.8 Å². The van der Waals surface area contributed by atoms with Gasteiger partial charge in [0.15, 0.2) is 0 Å². The molecule has 1 saturated heterocycles. The Hall–Kier alpha value is -1.46. The average Bonchev–Trinajstić information content (AvgIpc) is 2.46. The minimum atomic E-state index is 0.0764. The summed E-state index contributed by atoms with van der Waals surface area (Å²) in [6.07, 6.45) is 1.66. The van der Waals surface area contributed by atoms with E-state index in [9.17, 15) is 4.79 Å². The predicted molar refractivity (Wildman–Crippen MR) is 75.0 cm³/mol. The van der Waals surface area contributed by atoms with Crippen LogP contribution in [0.1, 0.15) is 23.0 Å². The molecule has 5 heteroatoms. The molecule has 104 valence electrons. The minimum Gasteiger partial charge on any atom is -0.336 e. The number of carbonyl (C=O) groups is 1. The molecule has 2 rings (SSSR count). The third-order valence-electron chi connectivity index (χ3n) is 3.72. The van der Waals surface area contributed by atoms with Gasteiger partial charge in [-0.15, -0.1) is 0 Å². The maximum atomic E-state index is 12.3. The molecule has 1 aromatic rings. The van der Waals surface area contributed by atoms with Crippen molar-refractivity contribution in [3.63, 3.8) is 0 Å². The van der Waals surface area contributed by atoms with Gasteiger partial charge in [-0.3, -0.25) is 14.7 Å². The fraction of sp³-hybridized carbons (Fsp3) is 0.571. The number of nitrogens with two attached hydrogens (primary N) is 1. The Labute approximate surface area is 114 Å². The van der Waals surface area contributed by atoms with Gasteiger partial charge in [0, 0.05) is 50.7 Å². The van der Waals surface area contributed by atoms with Crippen molar-refractivity contribution in [2.24, 2.45) is 5.73 Å². The van der Waals surface area contributed by atoms with Crippen LogP contribution < -0.4 is 5.73 Å². The highest BCUT2D eigenvalue weighted by atomic mass is 16.2. The molecule has 0 radical (unpaired) electrons. The molecule has 2 heterocycles. The first-order chi connectivity index (χ1) is 9.11. The maximum Gasteiger partial charge on any atom is 0.255 e. The first-order valence-corrected chi connectivity index (χ1v) is 6.78. The quantitative estimate of drug-likeness (QED) is 0.861. The number of pyridine rings is 1. The van der Waals surface area contributed by atoms with Crippen LogP contribution in [-0.2, 0) is 0 Å². The van der Waals surface area contributed by atoms with Crippen LogP contribution >= 0.6 is 0 Å². The van der Waals surface area contributed by atoms with E-state index in [-0.39, 0.29) is 5.91 Å². The Bertz CT molecular complexity index is 424. The Balaban J connectivity index is 1.94. The lowest BCUT2D eigenvalue weighted by atomic mass is 10.2. The first-order valence-electron chi connectivity index (χ1n) is 6.78. The summed E-state index contributed by atoms with van der Waals surface area (Å²) in [5.74, 6) is 0.0764. The van der Waals surface area contributed by atoms with Gasteiger partial charge >= 0.3 is 0 Å². The SMILES string of the molecule is Cc1ccc(C(=O)N2CCN(C(C)CN)CC2)cn1. The van der Waals surface area contributed by atoms with Gasteiger partial charge < -0.3 is 10.6 Å². The van der Waals surface area contributed by atoms with E-state index in [1.807, 2.05) is 24.0 Å². The van der Waals surface area contributed by atoms with Crippen LogP contribution in [0.25, 0.3) is 0 Å². The third kappa shape index (κ3) is 3.30. The summed E-state index contributed by atoms with van der Waals surface area (Å²) in [6, 6.07) is 4.11. The van der Waals surface area contributed by atoms with Crippen LogP contribution in [-0.4, -0.2) is 59.5 Å². The summed E-state index contributed by atoms with van der Waals surface area (Å²) in [5.41, 5.74) is 7.27. The molecule has 1 unspecified atom stereocenters. The Morgan fingerprint density at radius 2 is 2.05 bits per heavy atom. The van der Waals surface area contributed by atoms with Gasteiger partial charge in [-0.25, -0.2) is 0 Å². The number of carbonyl (C=O) groups excluding carboxylic acids is 1. The van der Waals surface area contributed by atoms with Gasteiger partial charge in [0.2, 0.25) is 0 Å². The average molecular weight is 262 g/mol. The van der Waals surface area contributed by atoms with Crippen LogP contribution in [0.15, 0.2) is 18.3 Å². The van der Waals surface area contributed by atoms with Gasteiger partial charge in [-0.1, -0.05) is 0 Å². The zero-order valence-electron chi connectivity index (χ0n) is 11.7. The maximum absolute atomic E-state index is 12.3. The van der Waals surface area contributed by atoms with E-state index in [2.05, 4.69) is 16.8 Å². The molecule has 0 spiro atoms. The Morgan fingerprint density at radius 3 is 2.58 bits per heavy atom. The number of piperazine rings is 1. The molecule has 0 aliphatic carbocycles. The van der Waals surface area contributed by atoms with Crippen molar-refractivity contribution in [3.8, 4) is 0 Å². The molecule has 1 atom stereocenters. The number of aromatic nitrogens is 1. The van der Waals surface area contributed by atoms with Crippen LogP contribution in [0.2, 0.25) is 0 Å². The smallest absolute Gasteiger partial charge is 0.255 e. The summed E-state index contributed by atoms with van der Waals surface area (Å²) in [6.45, 7) is 8.01. The molecule has 0 saturated carbocycles. The van der Waals surface area contributed by atoms with Gasteiger partial charge in [0.1, 0.15) is 0 Å². The van der Waals surface area contributed by atoms with E-state index < -0.39 is 0 Å². The molecule has 2 N–H and O–H groups in total. The number of rotatable bonds is 3. The summed E-state index contributed by atoms with van der Waals surface area (Å²) >= 11 is 0. The van der Waals surface area contributed by atoms with E-state index in [1.165, 1.54) is 0 Å². The molecule has 1 amide bonds. The molecule has 19 heavy (non-hydrogen) atoms. The topological polar surface area (TPSA) is 62.5 Å². The number of hydrogen-bond donors (Lipinski definition) is 1. The summed E-state index contributed by atoms with van der Waals surface area (Å²) < 4.78 is 0. The normalized spacial score (nSPS) is 18.4. The summed E-state index contributed by atoms with van der Waals surface area (Å²) in [5, 5.41) is 0. The zero-order valence-corrected chi connectivity index (χ0v) is 11.7. The lowest BCUT2D eigenvalue weighted by Crippen LogP contribution is -2.52. The van der Waals surface area contributed by atoms with E-state index in [1.54, 1.807) is 6.20 Å². The second kappa shape index (κ2) is 6.12. The van der Waals surface area contributed by atoms with Gasteiger partial charge in [-0.2, -0.15) is 0 Å². The number of aryl methyl sites for hydroxylation is 1. The molecule has 0 aromatic carbocycles. The molecule has 5 nitrogen and oxygen atoms in total. The first kappa shape index (κ1) is 14.0. The van der Waals surface area contributed by atoms with Crippen molar-refractivity contribution in [3.05, 3.63) is 29.6 Å². The molecule has 1 aromatic heterocycles. The highest BCUT2D eigenvalue weighted by Crippen LogP contribution is 2.10. The second-order valence-electron chi connectivity index (χ2n) is 5.10. The number of hydrogen-bond acceptors (Lipinski definition) is 4. The van der Waals surface area contributed by atoms with Crippen molar-refractivity contribution >= 4 is 5.91 Å². The summed E-state index contributed by atoms with van der Waals surface area (Å²) in [4.78, 5) is 20.7. The van der Waals surface area contributed by atoms with E-state index in [4.69, 9.17) is 5.73 Å². The molecular weight excluding hydrogens is 240 g/mol. The highest BCUT2D eigenvalue weighted by Gasteiger charge is 2.24. The zero-order chi connectivity index (χ0) is 13.8. The monoisotopic (exact) mass is 262 g/mol. The minimum absolute atomic E-state index is 0.0764. The molecule has 0 bridgehead atoms. The Morgan fingerprint density at radius 1 is 1.37 bits per heavy atom. The van der Waals surface area contributed by atoms with E-state index >= 15 is 0 Å². The van der Waals surface area contributed by atoms with Crippen LogP contribution in [0.5, 0.6) is 0 Å².